The summed E-state index contributed by atoms with van der Waals surface area (Å²) in [7, 11) is 0. The molecule has 0 saturated heterocycles. The van der Waals surface area contributed by atoms with Gasteiger partial charge in [-0.2, -0.15) is 0 Å². The molecule has 0 aromatic heterocycles. The molecule has 1 rings (SSSR count). The highest BCUT2D eigenvalue weighted by Crippen LogP contribution is 2.14. The Morgan fingerprint density at radius 3 is 2.60 bits per heavy atom. The molecule has 0 aliphatic rings. The SMILES string of the molecule is CCCC(C(=O)NCC(C)c1ccccc1)/C(N)=N/O. The summed E-state index contributed by atoms with van der Waals surface area (Å²) in [5.41, 5.74) is 6.73. The zero-order valence-electron chi connectivity index (χ0n) is 12.0. The van der Waals surface area contributed by atoms with Crippen molar-refractivity contribution in [3.8, 4) is 0 Å². The van der Waals surface area contributed by atoms with Gasteiger partial charge in [0.15, 0.2) is 5.84 Å². The Morgan fingerprint density at radius 2 is 2.05 bits per heavy atom. The average Bonchev–Trinajstić information content (AvgIpc) is 2.50. The molecule has 1 amide bonds. The molecule has 5 heteroatoms. The maximum absolute atomic E-state index is 12.1. The summed E-state index contributed by atoms with van der Waals surface area (Å²) >= 11 is 0. The van der Waals surface area contributed by atoms with E-state index >= 15 is 0 Å². The van der Waals surface area contributed by atoms with Gasteiger partial charge in [-0.05, 0) is 17.9 Å². The van der Waals surface area contributed by atoms with E-state index in [2.05, 4.69) is 10.5 Å². The molecule has 0 spiro atoms. The Bertz CT molecular complexity index is 446. The molecule has 5 nitrogen and oxygen atoms in total. The van der Waals surface area contributed by atoms with E-state index in [4.69, 9.17) is 10.9 Å². The summed E-state index contributed by atoms with van der Waals surface area (Å²) in [5, 5.41) is 14.5. The van der Waals surface area contributed by atoms with E-state index in [0.717, 1.165) is 6.42 Å². The van der Waals surface area contributed by atoms with Crippen molar-refractivity contribution < 1.29 is 10.0 Å². The van der Waals surface area contributed by atoms with Gasteiger partial charge < -0.3 is 16.3 Å². The van der Waals surface area contributed by atoms with Crippen LogP contribution in [0.15, 0.2) is 35.5 Å². The first-order chi connectivity index (χ1) is 9.60. The summed E-state index contributed by atoms with van der Waals surface area (Å²) in [6.07, 6.45) is 1.37. The molecule has 110 valence electrons. The highest BCUT2D eigenvalue weighted by atomic mass is 16.4. The predicted octanol–water partition coefficient (Wildman–Crippen LogP) is 2.07. The molecule has 1 aromatic rings. The van der Waals surface area contributed by atoms with Gasteiger partial charge in [0.05, 0.1) is 5.92 Å². The normalized spacial score (nSPS) is 14.6. The fourth-order valence-corrected chi connectivity index (χ4v) is 2.05. The van der Waals surface area contributed by atoms with Crippen LogP contribution in [0.5, 0.6) is 0 Å². The lowest BCUT2D eigenvalue weighted by atomic mass is 9.99. The van der Waals surface area contributed by atoms with Crippen LogP contribution in [0.25, 0.3) is 0 Å². The number of nitrogens with one attached hydrogen (secondary N) is 1. The average molecular weight is 277 g/mol. The van der Waals surface area contributed by atoms with Gasteiger partial charge >= 0.3 is 0 Å². The molecule has 0 aliphatic heterocycles. The van der Waals surface area contributed by atoms with Gasteiger partial charge in [-0.3, -0.25) is 4.79 Å². The summed E-state index contributed by atoms with van der Waals surface area (Å²) < 4.78 is 0. The van der Waals surface area contributed by atoms with Crippen molar-refractivity contribution >= 4 is 11.7 Å². The van der Waals surface area contributed by atoms with Crippen LogP contribution in [-0.4, -0.2) is 23.5 Å². The van der Waals surface area contributed by atoms with Gasteiger partial charge in [0.2, 0.25) is 5.91 Å². The molecule has 4 N–H and O–H groups in total. The fraction of sp³-hybridized carbons (Fsp3) is 0.467. The summed E-state index contributed by atoms with van der Waals surface area (Å²) in [6, 6.07) is 9.98. The van der Waals surface area contributed by atoms with Crippen molar-refractivity contribution in [1.82, 2.24) is 5.32 Å². The molecular formula is C15H23N3O2. The molecule has 1 aromatic carbocycles. The number of hydrogen-bond donors (Lipinski definition) is 3. The lowest BCUT2D eigenvalue weighted by molar-refractivity contribution is -0.123. The van der Waals surface area contributed by atoms with Crippen LogP contribution >= 0.6 is 0 Å². The maximum atomic E-state index is 12.1. The van der Waals surface area contributed by atoms with Crippen LogP contribution < -0.4 is 11.1 Å². The second kappa shape index (κ2) is 8.19. The Hall–Kier alpha value is -2.04. The van der Waals surface area contributed by atoms with Crippen LogP contribution in [0, 0.1) is 5.92 Å². The molecule has 0 aliphatic carbocycles. The Kier molecular flexibility index (Phi) is 6.56. The number of benzene rings is 1. The Labute approximate surface area is 119 Å². The number of oxime groups is 1. The number of amides is 1. The summed E-state index contributed by atoms with van der Waals surface area (Å²) in [5.74, 6) is -0.565. The molecule has 0 bridgehead atoms. The maximum Gasteiger partial charge on any atom is 0.230 e. The third-order valence-corrected chi connectivity index (χ3v) is 3.32. The fourth-order valence-electron chi connectivity index (χ4n) is 2.05. The lowest BCUT2D eigenvalue weighted by Gasteiger charge is -2.17. The van der Waals surface area contributed by atoms with E-state index in [-0.39, 0.29) is 17.7 Å². The number of amidine groups is 1. The second-order valence-corrected chi connectivity index (χ2v) is 4.92. The third-order valence-electron chi connectivity index (χ3n) is 3.32. The molecule has 0 fully saturated rings. The van der Waals surface area contributed by atoms with Crippen molar-refractivity contribution in [3.63, 3.8) is 0 Å². The van der Waals surface area contributed by atoms with Gasteiger partial charge in [-0.15, -0.1) is 0 Å². The van der Waals surface area contributed by atoms with Crippen LogP contribution in [0.2, 0.25) is 0 Å². The van der Waals surface area contributed by atoms with Crippen molar-refractivity contribution in [2.75, 3.05) is 6.54 Å². The quantitative estimate of drug-likeness (QED) is 0.308. The van der Waals surface area contributed by atoms with Crippen LogP contribution in [0.1, 0.15) is 38.2 Å². The second-order valence-electron chi connectivity index (χ2n) is 4.92. The summed E-state index contributed by atoms with van der Waals surface area (Å²) in [4.78, 5) is 12.1. The van der Waals surface area contributed by atoms with Crippen molar-refractivity contribution in [2.24, 2.45) is 16.8 Å². The van der Waals surface area contributed by atoms with Crippen molar-refractivity contribution in [2.45, 2.75) is 32.6 Å². The first-order valence-corrected chi connectivity index (χ1v) is 6.90. The molecule has 20 heavy (non-hydrogen) atoms. The largest absolute Gasteiger partial charge is 0.409 e. The minimum atomic E-state index is -0.562. The third kappa shape index (κ3) is 4.57. The predicted molar refractivity (Wildman–Crippen MR) is 79.7 cm³/mol. The zero-order valence-corrected chi connectivity index (χ0v) is 12.0. The molecule has 2 atom stereocenters. The number of hydrogen-bond acceptors (Lipinski definition) is 3. The van der Waals surface area contributed by atoms with Gasteiger partial charge in [-0.1, -0.05) is 55.8 Å². The molecule has 0 radical (unpaired) electrons. The van der Waals surface area contributed by atoms with Crippen LogP contribution in [0.3, 0.4) is 0 Å². The van der Waals surface area contributed by atoms with Crippen molar-refractivity contribution in [1.29, 1.82) is 0 Å². The van der Waals surface area contributed by atoms with Crippen molar-refractivity contribution in [3.05, 3.63) is 35.9 Å². The van der Waals surface area contributed by atoms with Crippen LogP contribution in [-0.2, 0) is 4.79 Å². The lowest BCUT2D eigenvalue weighted by Crippen LogP contribution is -2.40. The van der Waals surface area contributed by atoms with E-state index in [9.17, 15) is 4.79 Å². The van der Waals surface area contributed by atoms with Gasteiger partial charge in [-0.25, -0.2) is 0 Å². The van der Waals surface area contributed by atoms with E-state index in [1.165, 1.54) is 5.56 Å². The van der Waals surface area contributed by atoms with E-state index in [0.29, 0.717) is 13.0 Å². The Morgan fingerprint density at radius 1 is 1.40 bits per heavy atom. The van der Waals surface area contributed by atoms with Gasteiger partial charge in [0.1, 0.15) is 0 Å². The topological polar surface area (TPSA) is 87.7 Å². The number of rotatable bonds is 7. The van der Waals surface area contributed by atoms with Crippen LogP contribution in [0.4, 0.5) is 0 Å². The van der Waals surface area contributed by atoms with Gasteiger partial charge in [0, 0.05) is 6.54 Å². The first-order valence-electron chi connectivity index (χ1n) is 6.90. The number of nitrogens with two attached hydrogens (primary N) is 1. The number of carbonyl (C=O) groups excluding carboxylic acids is 1. The van der Waals surface area contributed by atoms with E-state index in [1.54, 1.807) is 0 Å². The minimum absolute atomic E-state index is 0.0308. The number of carbonyl (C=O) groups is 1. The zero-order chi connectivity index (χ0) is 15.0. The monoisotopic (exact) mass is 277 g/mol. The minimum Gasteiger partial charge on any atom is -0.409 e. The van der Waals surface area contributed by atoms with Gasteiger partial charge in [0.25, 0.3) is 0 Å². The highest BCUT2D eigenvalue weighted by molar-refractivity contribution is 6.02. The Balaban J connectivity index is 2.57. The highest BCUT2D eigenvalue weighted by Gasteiger charge is 2.22. The molecular weight excluding hydrogens is 254 g/mol. The van der Waals surface area contributed by atoms with E-state index in [1.807, 2.05) is 44.2 Å². The smallest absolute Gasteiger partial charge is 0.230 e. The van der Waals surface area contributed by atoms with E-state index < -0.39 is 5.92 Å². The first kappa shape index (κ1) is 16.0. The molecule has 0 saturated carbocycles. The number of nitrogens with zero attached hydrogens (tertiary/aromatic N) is 1. The summed E-state index contributed by atoms with van der Waals surface area (Å²) in [6.45, 7) is 4.53. The molecule has 0 heterocycles. The molecule has 2 unspecified atom stereocenters. The standard InChI is InChI=1S/C15H23N3O2/c1-3-7-13(14(16)18-20)15(19)17-10-11(2)12-8-5-4-6-9-12/h4-6,8-9,11,13,20H,3,7,10H2,1-2H3,(H2,16,18)(H,17,19).